The van der Waals surface area contributed by atoms with Crippen molar-refractivity contribution < 1.29 is 9.18 Å². The smallest absolute Gasteiger partial charge is 0.220 e. The van der Waals surface area contributed by atoms with E-state index < -0.39 is 0 Å². The molecular weight excluding hydrogens is 363 g/mol. The van der Waals surface area contributed by atoms with Crippen LogP contribution in [0, 0.1) is 5.82 Å². The number of carbonyl (C=O) groups excluding carboxylic acids is 1. The van der Waals surface area contributed by atoms with Gasteiger partial charge in [-0.25, -0.2) is 4.39 Å². The average Bonchev–Trinajstić information content (AvgIpc) is 3.33. The molecule has 1 heterocycles. The van der Waals surface area contributed by atoms with Crippen LogP contribution in [-0.2, 0) is 17.6 Å². The Bertz CT molecular complexity index is 758. The molecular formula is C20H27FN4OS. The maximum atomic E-state index is 13.6. The van der Waals surface area contributed by atoms with Crippen molar-refractivity contribution >= 4 is 17.7 Å². The zero-order valence-corrected chi connectivity index (χ0v) is 16.6. The lowest BCUT2D eigenvalue weighted by Crippen LogP contribution is -2.25. The molecule has 3 rings (SSSR count). The highest BCUT2D eigenvalue weighted by Crippen LogP contribution is 2.33. The van der Waals surface area contributed by atoms with E-state index in [1.165, 1.54) is 31.7 Å². The molecule has 27 heavy (non-hydrogen) atoms. The first-order valence-electron chi connectivity index (χ1n) is 9.67. The summed E-state index contributed by atoms with van der Waals surface area (Å²) in [5.74, 6) is 0.730. The van der Waals surface area contributed by atoms with Crippen LogP contribution in [0.1, 0.15) is 56.0 Å². The highest BCUT2D eigenvalue weighted by molar-refractivity contribution is 7.98. The van der Waals surface area contributed by atoms with Crippen molar-refractivity contribution in [1.82, 2.24) is 20.1 Å². The number of hydrogen-bond acceptors (Lipinski definition) is 4. The Balaban J connectivity index is 1.43. The van der Waals surface area contributed by atoms with Crippen molar-refractivity contribution in [2.75, 3.05) is 12.8 Å². The molecule has 0 unspecified atom stereocenters. The van der Waals surface area contributed by atoms with Crippen LogP contribution in [0.2, 0.25) is 0 Å². The number of thioether (sulfide) groups is 1. The van der Waals surface area contributed by atoms with Gasteiger partial charge in [0.1, 0.15) is 11.6 Å². The van der Waals surface area contributed by atoms with Crippen molar-refractivity contribution in [3.05, 3.63) is 41.5 Å². The van der Waals surface area contributed by atoms with E-state index in [9.17, 15) is 9.18 Å². The number of carbonyl (C=O) groups is 1. The third-order valence-electron chi connectivity index (χ3n) is 5.09. The van der Waals surface area contributed by atoms with E-state index in [1.54, 1.807) is 30.0 Å². The fourth-order valence-corrected chi connectivity index (χ4v) is 4.23. The Kier molecular flexibility index (Phi) is 7.26. The topological polar surface area (TPSA) is 59.8 Å². The zero-order valence-electron chi connectivity index (χ0n) is 15.8. The highest BCUT2D eigenvalue weighted by atomic mass is 32.2. The molecule has 146 valence electrons. The number of aryl methyl sites for hydroxylation is 2. The third-order valence-corrected chi connectivity index (χ3v) is 5.73. The van der Waals surface area contributed by atoms with E-state index in [0.717, 1.165) is 23.8 Å². The molecule has 1 saturated carbocycles. The predicted molar refractivity (Wildman–Crippen MR) is 105 cm³/mol. The lowest BCUT2D eigenvalue weighted by atomic mass is 10.1. The number of halogens is 1. The fraction of sp³-hybridized carbons (Fsp3) is 0.550. The normalized spacial score (nSPS) is 14.6. The van der Waals surface area contributed by atoms with Gasteiger partial charge in [0, 0.05) is 25.4 Å². The molecule has 0 atom stereocenters. The van der Waals surface area contributed by atoms with Gasteiger partial charge in [-0.15, -0.1) is 10.2 Å². The SMILES string of the molecule is CSc1nnc(CCCNC(=O)CCc2ccccc2F)n1C1CCCC1. The molecule has 0 spiro atoms. The number of nitrogens with zero attached hydrogens (tertiary/aromatic N) is 3. The Morgan fingerprint density at radius 3 is 2.78 bits per heavy atom. The first-order chi connectivity index (χ1) is 13.2. The molecule has 2 aromatic rings. The quantitative estimate of drug-likeness (QED) is 0.520. The summed E-state index contributed by atoms with van der Waals surface area (Å²) >= 11 is 1.64. The summed E-state index contributed by atoms with van der Waals surface area (Å²) in [5.41, 5.74) is 0.585. The van der Waals surface area contributed by atoms with Gasteiger partial charge in [-0.1, -0.05) is 42.8 Å². The van der Waals surface area contributed by atoms with Crippen molar-refractivity contribution in [3.8, 4) is 0 Å². The minimum atomic E-state index is -0.249. The van der Waals surface area contributed by atoms with E-state index in [1.807, 2.05) is 6.26 Å². The lowest BCUT2D eigenvalue weighted by molar-refractivity contribution is -0.121. The number of nitrogens with one attached hydrogen (secondary N) is 1. The fourth-order valence-electron chi connectivity index (χ4n) is 3.66. The summed E-state index contributed by atoms with van der Waals surface area (Å²) in [6.45, 7) is 0.599. The van der Waals surface area contributed by atoms with E-state index >= 15 is 0 Å². The average molecular weight is 391 g/mol. The van der Waals surface area contributed by atoms with Gasteiger partial charge in [-0.3, -0.25) is 4.79 Å². The Morgan fingerprint density at radius 1 is 1.26 bits per heavy atom. The van der Waals surface area contributed by atoms with Gasteiger partial charge in [-0.05, 0) is 43.6 Å². The minimum absolute atomic E-state index is 0.0414. The summed E-state index contributed by atoms with van der Waals surface area (Å²) in [4.78, 5) is 12.0. The van der Waals surface area contributed by atoms with E-state index in [0.29, 0.717) is 31.0 Å². The number of amides is 1. The van der Waals surface area contributed by atoms with E-state index in [4.69, 9.17) is 0 Å². The van der Waals surface area contributed by atoms with Crippen molar-refractivity contribution in [1.29, 1.82) is 0 Å². The molecule has 0 radical (unpaired) electrons. The zero-order chi connectivity index (χ0) is 19.1. The van der Waals surface area contributed by atoms with Crippen LogP contribution in [0.15, 0.2) is 29.4 Å². The molecule has 1 aromatic heterocycles. The van der Waals surface area contributed by atoms with Gasteiger partial charge in [-0.2, -0.15) is 0 Å². The van der Waals surface area contributed by atoms with Gasteiger partial charge in [0.2, 0.25) is 5.91 Å². The van der Waals surface area contributed by atoms with Crippen LogP contribution in [0.3, 0.4) is 0 Å². The largest absolute Gasteiger partial charge is 0.356 e. The first-order valence-corrected chi connectivity index (χ1v) is 10.9. The molecule has 1 aliphatic rings. The van der Waals surface area contributed by atoms with Crippen molar-refractivity contribution in [2.24, 2.45) is 0 Å². The standard InChI is InChI=1S/C20H27FN4OS/c1-27-20-24-23-18(25(20)16-8-3-4-9-16)11-6-14-22-19(26)13-12-15-7-2-5-10-17(15)21/h2,5,7,10,16H,3-4,6,8-9,11-14H2,1H3,(H,22,26). The van der Waals surface area contributed by atoms with Crippen LogP contribution in [0.4, 0.5) is 4.39 Å². The highest BCUT2D eigenvalue weighted by Gasteiger charge is 2.23. The Hall–Kier alpha value is -1.89. The summed E-state index contributed by atoms with van der Waals surface area (Å²) in [5, 5.41) is 12.6. The van der Waals surface area contributed by atoms with Crippen LogP contribution in [0.25, 0.3) is 0 Å². The molecule has 0 aliphatic heterocycles. The van der Waals surface area contributed by atoms with Gasteiger partial charge >= 0.3 is 0 Å². The van der Waals surface area contributed by atoms with Gasteiger partial charge < -0.3 is 9.88 Å². The molecule has 1 amide bonds. The maximum absolute atomic E-state index is 13.6. The lowest BCUT2D eigenvalue weighted by Gasteiger charge is -2.16. The molecule has 5 nitrogen and oxygen atoms in total. The van der Waals surface area contributed by atoms with Gasteiger partial charge in [0.05, 0.1) is 0 Å². The Morgan fingerprint density at radius 2 is 2.04 bits per heavy atom. The van der Waals surface area contributed by atoms with Crippen molar-refractivity contribution in [3.63, 3.8) is 0 Å². The molecule has 1 N–H and O–H groups in total. The number of hydrogen-bond donors (Lipinski definition) is 1. The molecule has 1 fully saturated rings. The summed E-state index contributed by atoms with van der Waals surface area (Å²) in [6.07, 6.45) is 9.33. The van der Waals surface area contributed by atoms with Crippen molar-refractivity contribution in [2.45, 2.75) is 62.6 Å². The second-order valence-electron chi connectivity index (χ2n) is 6.96. The second-order valence-corrected chi connectivity index (χ2v) is 7.73. The third kappa shape index (κ3) is 5.31. The number of rotatable bonds is 9. The molecule has 1 aromatic carbocycles. The first kappa shape index (κ1) is 19.9. The van der Waals surface area contributed by atoms with Gasteiger partial charge in [0.15, 0.2) is 5.16 Å². The number of aromatic nitrogens is 3. The molecule has 1 aliphatic carbocycles. The van der Waals surface area contributed by atoms with E-state index in [2.05, 4.69) is 20.1 Å². The van der Waals surface area contributed by atoms with Crippen LogP contribution in [-0.4, -0.2) is 33.5 Å². The van der Waals surface area contributed by atoms with Crippen LogP contribution < -0.4 is 5.32 Å². The second kappa shape index (κ2) is 9.88. The number of benzene rings is 1. The summed E-state index contributed by atoms with van der Waals surface area (Å²) in [6, 6.07) is 7.12. The predicted octanol–water partition coefficient (Wildman–Crippen LogP) is 3.94. The summed E-state index contributed by atoms with van der Waals surface area (Å²) in [7, 11) is 0. The molecule has 0 saturated heterocycles. The molecule has 0 bridgehead atoms. The van der Waals surface area contributed by atoms with Crippen LogP contribution >= 0.6 is 11.8 Å². The Labute approximate surface area is 164 Å². The minimum Gasteiger partial charge on any atom is -0.356 e. The van der Waals surface area contributed by atoms with E-state index in [-0.39, 0.29) is 11.7 Å². The van der Waals surface area contributed by atoms with Gasteiger partial charge in [0.25, 0.3) is 0 Å². The van der Waals surface area contributed by atoms with Crippen LogP contribution in [0.5, 0.6) is 0 Å². The summed E-state index contributed by atoms with van der Waals surface area (Å²) < 4.78 is 15.9. The monoisotopic (exact) mass is 390 g/mol. The molecule has 7 heteroatoms. The maximum Gasteiger partial charge on any atom is 0.220 e.